The predicted octanol–water partition coefficient (Wildman–Crippen LogP) is 3.08. The highest BCUT2D eigenvalue weighted by atomic mass is 32.2. The number of aromatic nitrogens is 3. The summed E-state index contributed by atoms with van der Waals surface area (Å²) in [5.74, 6) is 2.35. The molecule has 2 aromatic heterocycles. The molecule has 7 nitrogen and oxygen atoms in total. The Morgan fingerprint density at radius 2 is 2.00 bits per heavy atom. The molecule has 3 aromatic rings. The number of benzene rings is 1. The summed E-state index contributed by atoms with van der Waals surface area (Å²) in [6.07, 6.45) is 3.17. The van der Waals surface area contributed by atoms with Gasteiger partial charge in [-0.25, -0.2) is 13.6 Å². The third kappa shape index (κ3) is 4.75. The number of hydrogen-bond acceptors (Lipinski definition) is 7. The molecular formula is C18H20N4O3S3. The minimum Gasteiger partial charge on any atom is -0.493 e. The number of nitrogens with two attached hydrogens (primary N) is 1. The van der Waals surface area contributed by atoms with E-state index in [-0.39, 0.29) is 4.90 Å². The SMILES string of the molecule is NS(=O)(=O)c1ccc(OCCSc2nnc(Cc3cccs3)n2C2CC2)cc1. The smallest absolute Gasteiger partial charge is 0.238 e. The average molecular weight is 437 g/mol. The van der Waals surface area contributed by atoms with Gasteiger partial charge in [0.25, 0.3) is 0 Å². The predicted molar refractivity (Wildman–Crippen MR) is 109 cm³/mol. The molecule has 148 valence electrons. The maximum absolute atomic E-state index is 11.3. The van der Waals surface area contributed by atoms with Gasteiger partial charge in [-0.3, -0.25) is 0 Å². The molecule has 28 heavy (non-hydrogen) atoms. The van der Waals surface area contributed by atoms with E-state index in [0.717, 1.165) is 23.2 Å². The quantitative estimate of drug-likeness (QED) is 0.409. The lowest BCUT2D eigenvalue weighted by atomic mass is 10.3. The Hall–Kier alpha value is -1.88. The summed E-state index contributed by atoms with van der Waals surface area (Å²) in [5, 5.41) is 16.9. The topological polar surface area (TPSA) is 100 Å². The molecule has 4 rings (SSSR count). The van der Waals surface area contributed by atoms with Crippen LogP contribution in [0, 0.1) is 0 Å². The molecule has 0 radical (unpaired) electrons. The van der Waals surface area contributed by atoms with E-state index in [4.69, 9.17) is 9.88 Å². The average Bonchev–Trinajstić information content (AvgIpc) is 3.22. The standard InChI is InChI=1S/C18H20N4O3S3/c19-28(23,24)16-7-5-14(6-8-16)25-9-11-27-18-21-20-17(22(18)13-3-4-13)12-15-2-1-10-26-15/h1-2,5-8,10,13H,3-4,9,11-12H2,(H2,19,23,24). The van der Waals surface area contributed by atoms with E-state index in [9.17, 15) is 8.42 Å². The Kier molecular flexibility index (Phi) is 5.72. The van der Waals surface area contributed by atoms with Crippen LogP contribution in [-0.4, -0.2) is 35.5 Å². The Morgan fingerprint density at radius 1 is 1.21 bits per heavy atom. The molecule has 1 fully saturated rings. The molecule has 0 spiro atoms. The number of thioether (sulfide) groups is 1. The van der Waals surface area contributed by atoms with Gasteiger partial charge in [-0.1, -0.05) is 17.8 Å². The van der Waals surface area contributed by atoms with E-state index < -0.39 is 10.0 Å². The first-order valence-electron chi connectivity index (χ1n) is 8.85. The molecule has 1 saturated carbocycles. The highest BCUT2D eigenvalue weighted by Crippen LogP contribution is 2.39. The van der Waals surface area contributed by atoms with Gasteiger partial charge in [0.15, 0.2) is 5.16 Å². The molecule has 2 heterocycles. The summed E-state index contributed by atoms with van der Waals surface area (Å²) in [7, 11) is -3.68. The van der Waals surface area contributed by atoms with E-state index in [2.05, 4.69) is 32.3 Å². The second-order valence-electron chi connectivity index (χ2n) is 6.47. The van der Waals surface area contributed by atoms with Gasteiger partial charge in [0.1, 0.15) is 11.6 Å². The third-order valence-corrected chi connectivity index (χ3v) is 7.01. The molecule has 0 amide bonds. The summed E-state index contributed by atoms with van der Waals surface area (Å²) in [5.41, 5.74) is 0. The van der Waals surface area contributed by atoms with Crippen molar-refractivity contribution >= 4 is 33.1 Å². The largest absolute Gasteiger partial charge is 0.493 e. The van der Waals surface area contributed by atoms with Crippen molar-refractivity contribution in [2.75, 3.05) is 12.4 Å². The van der Waals surface area contributed by atoms with Crippen LogP contribution in [0.25, 0.3) is 0 Å². The number of sulfonamides is 1. The van der Waals surface area contributed by atoms with Crippen molar-refractivity contribution in [1.82, 2.24) is 14.8 Å². The Balaban J connectivity index is 1.33. The van der Waals surface area contributed by atoms with Crippen LogP contribution in [0.15, 0.2) is 51.8 Å². The van der Waals surface area contributed by atoms with Gasteiger partial charge in [0.2, 0.25) is 10.0 Å². The number of ether oxygens (including phenoxy) is 1. The van der Waals surface area contributed by atoms with E-state index in [1.54, 1.807) is 35.2 Å². The van der Waals surface area contributed by atoms with Crippen molar-refractivity contribution in [2.24, 2.45) is 5.14 Å². The van der Waals surface area contributed by atoms with Crippen molar-refractivity contribution in [3.05, 3.63) is 52.5 Å². The number of rotatable bonds is 9. The van der Waals surface area contributed by atoms with Crippen LogP contribution < -0.4 is 9.88 Å². The van der Waals surface area contributed by atoms with Gasteiger partial charge in [0.05, 0.1) is 11.5 Å². The lowest BCUT2D eigenvalue weighted by molar-refractivity contribution is 0.343. The van der Waals surface area contributed by atoms with Crippen LogP contribution in [0.4, 0.5) is 0 Å². The molecule has 0 saturated heterocycles. The second-order valence-corrected chi connectivity index (χ2v) is 10.1. The van der Waals surface area contributed by atoms with E-state index in [1.165, 1.54) is 29.9 Å². The fourth-order valence-electron chi connectivity index (χ4n) is 2.81. The molecule has 1 aliphatic rings. The summed E-state index contributed by atoms with van der Waals surface area (Å²) in [6.45, 7) is 0.483. The van der Waals surface area contributed by atoms with Crippen LogP contribution in [0.2, 0.25) is 0 Å². The van der Waals surface area contributed by atoms with E-state index in [1.807, 2.05) is 0 Å². The van der Waals surface area contributed by atoms with Gasteiger partial charge in [-0.2, -0.15) is 0 Å². The summed E-state index contributed by atoms with van der Waals surface area (Å²) >= 11 is 3.36. The van der Waals surface area contributed by atoms with E-state index >= 15 is 0 Å². The number of hydrogen-bond donors (Lipinski definition) is 1. The first-order valence-corrected chi connectivity index (χ1v) is 12.3. The first-order chi connectivity index (χ1) is 13.5. The monoisotopic (exact) mass is 436 g/mol. The second kappa shape index (κ2) is 8.24. The lowest BCUT2D eigenvalue weighted by Gasteiger charge is -2.09. The Morgan fingerprint density at radius 3 is 2.64 bits per heavy atom. The molecule has 0 atom stereocenters. The van der Waals surface area contributed by atoms with Crippen molar-refractivity contribution < 1.29 is 13.2 Å². The minimum atomic E-state index is -3.68. The number of primary sulfonamides is 1. The zero-order valence-corrected chi connectivity index (χ0v) is 17.5. The van der Waals surface area contributed by atoms with Gasteiger partial charge in [-0.05, 0) is 48.6 Å². The molecule has 1 aliphatic carbocycles. The van der Waals surface area contributed by atoms with Gasteiger partial charge < -0.3 is 9.30 Å². The lowest BCUT2D eigenvalue weighted by Crippen LogP contribution is -2.11. The van der Waals surface area contributed by atoms with Gasteiger partial charge >= 0.3 is 0 Å². The normalized spacial score (nSPS) is 14.3. The van der Waals surface area contributed by atoms with Gasteiger partial charge in [-0.15, -0.1) is 21.5 Å². The van der Waals surface area contributed by atoms with Crippen molar-refractivity contribution in [3.8, 4) is 5.75 Å². The van der Waals surface area contributed by atoms with Crippen molar-refractivity contribution in [2.45, 2.75) is 35.4 Å². The van der Waals surface area contributed by atoms with Crippen molar-refractivity contribution in [3.63, 3.8) is 0 Å². The summed E-state index contributed by atoms with van der Waals surface area (Å²) in [4.78, 5) is 1.36. The fourth-order valence-corrected chi connectivity index (χ4v) is 4.87. The first kappa shape index (κ1) is 19.4. The van der Waals surface area contributed by atoms with Crippen LogP contribution in [0.1, 0.15) is 29.6 Å². The minimum absolute atomic E-state index is 0.0741. The molecule has 0 aliphatic heterocycles. The highest BCUT2D eigenvalue weighted by molar-refractivity contribution is 7.99. The molecule has 1 aromatic carbocycles. The highest BCUT2D eigenvalue weighted by Gasteiger charge is 2.29. The number of thiophene rings is 1. The zero-order valence-electron chi connectivity index (χ0n) is 15.0. The maximum Gasteiger partial charge on any atom is 0.238 e. The summed E-state index contributed by atoms with van der Waals surface area (Å²) < 4.78 is 30.5. The molecule has 2 N–H and O–H groups in total. The zero-order chi connectivity index (χ0) is 19.6. The summed E-state index contributed by atoms with van der Waals surface area (Å²) in [6, 6.07) is 10.8. The molecule has 0 unspecified atom stereocenters. The molecular weight excluding hydrogens is 416 g/mol. The van der Waals surface area contributed by atoms with Crippen LogP contribution in [-0.2, 0) is 16.4 Å². The Labute approximate surface area is 172 Å². The molecule has 0 bridgehead atoms. The third-order valence-electron chi connectivity index (χ3n) is 4.30. The van der Waals surface area contributed by atoms with Crippen LogP contribution in [0.5, 0.6) is 5.75 Å². The van der Waals surface area contributed by atoms with E-state index in [0.29, 0.717) is 18.4 Å². The van der Waals surface area contributed by atoms with Crippen LogP contribution in [0.3, 0.4) is 0 Å². The number of nitrogens with zero attached hydrogens (tertiary/aromatic N) is 3. The fraction of sp³-hybridized carbons (Fsp3) is 0.333. The Bertz CT molecular complexity index is 1030. The van der Waals surface area contributed by atoms with Gasteiger partial charge in [0, 0.05) is 23.1 Å². The molecule has 10 heteroatoms. The van der Waals surface area contributed by atoms with Crippen LogP contribution >= 0.6 is 23.1 Å². The maximum atomic E-state index is 11.3. The van der Waals surface area contributed by atoms with Crippen molar-refractivity contribution in [1.29, 1.82) is 0 Å².